The molecule has 1 aliphatic heterocycles. The topological polar surface area (TPSA) is 81.1 Å². The second-order valence-electron chi connectivity index (χ2n) is 9.41. The fraction of sp³-hybridized carbons (Fsp3) is 0.233. The number of benzene rings is 2. The van der Waals surface area contributed by atoms with Gasteiger partial charge >= 0.3 is 0 Å². The molecule has 0 spiro atoms. The van der Waals surface area contributed by atoms with Gasteiger partial charge in [-0.15, -0.1) is 0 Å². The van der Waals surface area contributed by atoms with Gasteiger partial charge in [-0.05, 0) is 54.3 Å². The first kappa shape index (κ1) is 24.6. The highest BCUT2D eigenvalue weighted by Crippen LogP contribution is 2.32. The van der Waals surface area contributed by atoms with Crippen LogP contribution in [0, 0.1) is 0 Å². The molecule has 0 saturated carbocycles. The lowest BCUT2D eigenvalue weighted by atomic mass is 10.00. The number of nitrogens with zero attached hydrogens (tertiary/aromatic N) is 3. The molecule has 7 nitrogen and oxygen atoms in total. The first-order valence-corrected chi connectivity index (χ1v) is 13.2. The van der Waals surface area contributed by atoms with E-state index in [1.807, 2.05) is 61.5 Å². The molecule has 1 atom stereocenters. The van der Waals surface area contributed by atoms with E-state index >= 15 is 0 Å². The highest BCUT2D eigenvalue weighted by atomic mass is 35.5. The zero-order valence-electron chi connectivity index (χ0n) is 21.1. The van der Waals surface area contributed by atoms with Crippen molar-refractivity contribution in [2.75, 3.05) is 25.0 Å². The van der Waals surface area contributed by atoms with E-state index in [1.165, 1.54) is 5.57 Å². The highest BCUT2D eigenvalue weighted by molar-refractivity contribution is 6.33. The summed E-state index contributed by atoms with van der Waals surface area (Å²) in [6.45, 7) is 4.81. The van der Waals surface area contributed by atoms with Crippen molar-refractivity contribution in [3.8, 4) is 11.1 Å². The van der Waals surface area contributed by atoms with Gasteiger partial charge in [0.1, 0.15) is 5.65 Å². The van der Waals surface area contributed by atoms with E-state index in [0.717, 1.165) is 41.7 Å². The average Bonchev–Trinajstić information content (AvgIpc) is 3.49. The molecule has 192 valence electrons. The van der Waals surface area contributed by atoms with Crippen LogP contribution < -0.4 is 16.2 Å². The second kappa shape index (κ2) is 10.5. The number of nitrogens with one attached hydrogen (secondary N) is 2. The lowest BCUT2D eigenvalue weighted by Crippen LogP contribution is -2.33. The first-order valence-electron chi connectivity index (χ1n) is 12.9. The predicted molar refractivity (Wildman–Crippen MR) is 153 cm³/mol. The summed E-state index contributed by atoms with van der Waals surface area (Å²) in [4.78, 5) is 22.8. The Kier molecular flexibility index (Phi) is 6.81. The number of aryl methyl sites for hydroxylation is 1. The maximum absolute atomic E-state index is 13.6. The standard InChI is InChI=1S/C30H28ClN5O2/c1-2-36-28-22(15-25(29(36)37)24-12-9-21(16-26(24)31)19-5-3-4-6-19)17-33-30(35-28)34-23-10-7-20(8-11-23)27-18-32-13-14-38-27/h3-5,7-12,15-17,27,32H,2,6,13-14,18H2,1H3,(H,33,34,35). The Labute approximate surface area is 225 Å². The molecule has 8 heteroatoms. The molecule has 0 amide bonds. The Morgan fingerprint density at radius 1 is 1.16 bits per heavy atom. The number of aromatic nitrogens is 3. The molecular formula is C30H28ClN5O2. The van der Waals surface area contributed by atoms with E-state index in [1.54, 1.807) is 10.8 Å². The Bertz CT molecular complexity index is 1620. The van der Waals surface area contributed by atoms with Crippen molar-refractivity contribution >= 4 is 39.8 Å². The highest BCUT2D eigenvalue weighted by Gasteiger charge is 2.17. The molecule has 0 radical (unpaired) electrons. The van der Waals surface area contributed by atoms with E-state index < -0.39 is 0 Å². The van der Waals surface area contributed by atoms with E-state index in [2.05, 4.69) is 27.8 Å². The molecule has 1 unspecified atom stereocenters. The molecule has 1 fully saturated rings. The summed E-state index contributed by atoms with van der Waals surface area (Å²) >= 11 is 6.69. The summed E-state index contributed by atoms with van der Waals surface area (Å²) in [5.41, 5.74) is 5.94. The molecular weight excluding hydrogens is 498 g/mol. The monoisotopic (exact) mass is 525 g/mol. The van der Waals surface area contributed by atoms with Gasteiger partial charge in [-0.3, -0.25) is 9.36 Å². The Morgan fingerprint density at radius 2 is 2.03 bits per heavy atom. The van der Waals surface area contributed by atoms with Gasteiger partial charge in [-0.2, -0.15) is 4.98 Å². The number of hydrogen-bond donors (Lipinski definition) is 2. The molecule has 2 aliphatic rings. The summed E-state index contributed by atoms with van der Waals surface area (Å²) < 4.78 is 7.50. The fourth-order valence-corrected chi connectivity index (χ4v) is 5.27. The summed E-state index contributed by atoms with van der Waals surface area (Å²) in [7, 11) is 0. The molecule has 2 aromatic heterocycles. The Hall–Kier alpha value is -3.78. The third-order valence-electron chi connectivity index (χ3n) is 7.01. The van der Waals surface area contributed by atoms with Crippen molar-refractivity contribution in [3.05, 3.63) is 99.5 Å². The second-order valence-corrected chi connectivity index (χ2v) is 9.82. The normalized spacial score (nSPS) is 17.1. The number of pyridine rings is 1. The predicted octanol–water partition coefficient (Wildman–Crippen LogP) is 5.88. The van der Waals surface area contributed by atoms with Crippen molar-refractivity contribution in [2.24, 2.45) is 0 Å². The third-order valence-corrected chi connectivity index (χ3v) is 7.32. The van der Waals surface area contributed by atoms with Crippen LogP contribution in [0.5, 0.6) is 0 Å². The zero-order valence-corrected chi connectivity index (χ0v) is 21.8. The molecule has 6 rings (SSSR count). The van der Waals surface area contributed by atoms with E-state index in [0.29, 0.717) is 40.9 Å². The van der Waals surface area contributed by atoms with Crippen molar-refractivity contribution < 1.29 is 4.74 Å². The van der Waals surface area contributed by atoms with Crippen molar-refractivity contribution in [2.45, 2.75) is 26.0 Å². The zero-order chi connectivity index (χ0) is 26.1. The maximum Gasteiger partial charge on any atom is 0.260 e. The molecule has 2 aromatic carbocycles. The minimum atomic E-state index is -0.133. The van der Waals surface area contributed by atoms with Gasteiger partial charge in [0.2, 0.25) is 5.95 Å². The van der Waals surface area contributed by atoms with Crippen molar-refractivity contribution in [1.29, 1.82) is 0 Å². The molecule has 3 heterocycles. The van der Waals surface area contributed by atoms with Crippen molar-refractivity contribution in [1.82, 2.24) is 19.9 Å². The summed E-state index contributed by atoms with van der Waals surface area (Å²) in [5.74, 6) is 0.427. The lowest BCUT2D eigenvalue weighted by Gasteiger charge is -2.24. The molecule has 1 saturated heterocycles. The summed E-state index contributed by atoms with van der Waals surface area (Å²) in [6.07, 6.45) is 8.94. The summed E-state index contributed by atoms with van der Waals surface area (Å²) in [5, 5.41) is 7.93. The largest absolute Gasteiger partial charge is 0.371 e. The number of fused-ring (bicyclic) bond motifs is 1. The van der Waals surface area contributed by atoms with Crippen LogP contribution in [-0.2, 0) is 11.3 Å². The van der Waals surface area contributed by atoms with E-state index in [-0.39, 0.29) is 11.7 Å². The molecule has 1 aliphatic carbocycles. The van der Waals surface area contributed by atoms with Crippen LogP contribution in [0.3, 0.4) is 0 Å². The van der Waals surface area contributed by atoms with Crippen LogP contribution >= 0.6 is 11.6 Å². The smallest absolute Gasteiger partial charge is 0.260 e. The number of anilines is 2. The number of rotatable bonds is 6. The van der Waals surface area contributed by atoms with Crippen LogP contribution in [0.2, 0.25) is 5.02 Å². The first-order chi connectivity index (χ1) is 18.6. The number of hydrogen-bond acceptors (Lipinski definition) is 6. The molecule has 2 N–H and O–H groups in total. The fourth-order valence-electron chi connectivity index (χ4n) is 4.99. The van der Waals surface area contributed by atoms with Crippen molar-refractivity contribution in [3.63, 3.8) is 0 Å². The van der Waals surface area contributed by atoms with Crippen LogP contribution in [0.25, 0.3) is 27.7 Å². The molecule has 4 aromatic rings. The number of allylic oxidation sites excluding steroid dienone is 4. The average molecular weight is 526 g/mol. The Morgan fingerprint density at radius 3 is 2.74 bits per heavy atom. The SMILES string of the molecule is CCn1c(=O)c(-c2ccc(C3=CC=CC3)cc2Cl)cc2cnc(Nc3ccc(C4CNCCO4)cc3)nc21. The lowest BCUT2D eigenvalue weighted by molar-refractivity contribution is 0.0277. The van der Waals surface area contributed by atoms with Gasteiger partial charge in [-0.25, -0.2) is 4.98 Å². The number of ether oxygens (including phenoxy) is 1. The quantitative estimate of drug-likeness (QED) is 0.327. The summed E-state index contributed by atoms with van der Waals surface area (Å²) in [6, 6.07) is 15.8. The number of morpholine rings is 1. The minimum absolute atomic E-state index is 0.0596. The van der Waals surface area contributed by atoms with Gasteiger partial charge in [0.05, 0.1) is 12.7 Å². The van der Waals surface area contributed by atoms with Gasteiger partial charge in [-0.1, -0.05) is 54.1 Å². The van der Waals surface area contributed by atoms with Crippen LogP contribution in [0.15, 0.2) is 77.8 Å². The van der Waals surface area contributed by atoms with E-state index in [4.69, 9.17) is 21.3 Å². The van der Waals surface area contributed by atoms with Gasteiger partial charge in [0.25, 0.3) is 5.56 Å². The van der Waals surface area contributed by atoms with Crippen LogP contribution in [0.1, 0.15) is 30.6 Å². The van der Waals surface area contributed by atoms with Gasteiger partial charge in [0.15, 0.2) is 0 Å². The van der Waals surface area contributed by atoms with Gasteiger partial charge in [0, 0.05) is 53.1 Å². The number of halogens is 1. The minimum Gasteiger partial charge on any atom is -0.371 e. The maximum atomic E-state index is 13.6. The third kappa shape index (κ3) is 4.76. The van der Waals surface area contributed by atoms with Crippen LogP contribution in [-0.4, -0.2) is 34.2 Å². The van der Waals surface area contributed by atoms with Gasteiger partial charge < -0.3 is 15.4 Å². The Balaban J connectivity index is 1.30. The van der Waals surface area contributed by atoms with Crippen LogP contribution in [0.4, 0.5) is 11.6 Å². The molecule has 38 heavy (non-hydrogen) atoms. The molecule has 0 bridgehead atoms. The van der Waals surface area contributed by atoms with E-state index in [9.17, 15) is 4.79 Å².